The molecule has 0 aliphatic carbocycles. The van der Waals surface area contributed by atoms with E-state index >= 15 is 0 Å². The van der Waals surface area contributed by atoms with Gasteiger partial charge in [-0.25, -0.2) is 9.78 Å². The van der Waals surface area contributed by atoms with Gasteiger partial charge in [0.15, 0.2) is 5.69 Å². The first-order valence-corrected chi connectivity index (χ1v) is 6.78. The van der Waals surface area contributed by atoms with Crippen LogP contribution in [0.3, 0.4) is 0 Å². The fraction of sp³-hybridized carbons (Fsp3) is 0.286. The first-order valence-electron chi connectivity index (χ1n) is 6.40. The number of nitrogens with zero attached hydrogens (tertiary/aromatic N) is 2. The molecule has 1 aliphatic rings. The Labute approximate surface area is 121 Å². The Balaban J connectivity index is 2.15. The molecule has 0 fully saturated rings. The fourth-order valence-corrected chi connectivity index (χ4v) is 2.70. The monoisotopic (exact) mass is 291 g/mol. The molecule has 1 aliphatic heterocycles. The zero-order chi connectivity index (χ0) is 14.3. The van der Waals surface area contributed by atoms with E-state index in [9.17, 15) is 9.90 Å². The van der Waals surface area contributed by atoms with Crippen molar-refractivity contribution >= 4 is 17.6 Å². The number of fused-ring (bicyclic) bond motifs is 1. The summed E-state index contributed by atoms with van der Waals surface area (Å²) in [6.45, 7) is 0.591. The summed E-state index contributed by atoms with van der Waals surface area (Å²) in [6.07, 6.45) is 1.43. The molecule has 2 heterocycles. The van der Waals surface area contributed by atoms with Crippen molar-refractivity contribution in [2.45, 2.75) is 25.4 Å². The zero-order valence-electron chi connectivity index (χ0n) is 10.7. The van der Waals surface area contributed by atoms with E-state index in [1.54, 1.807) is 12.1 Å². The third kappa shape index (κ3) is 2.19. The molecule has 2 aromatic rings. The van der Waals surface area contributed by atoms with Crippen LogP contribution in [-0.4, -0.2) is 26.7 Å². The highest BCUT2D eigenvalue weighted by molar-refractivity contribution is 6.30. The first-order chi connectivity index (χ1) is 9.56. The van der Waals surface area contributed by atoms with Gasteiger partial charge in [-0.05, 0) is 37.1 Å². The smallest absolute Gasteiger partial charge is 0.356 e. The number of nitrogens with two attached hydrogens (primary N) is 1. The summed E-state index contributed by atoms with van der Waals surface area (Å²) < 4.78 is 1.92. The van der Waals surface area contributed by atoms with Gasteiger partial charge in [0.1, 0.15) is 5.82 Å². The number of halogens is 1. The SMILES string of the molecule is NC1CCc2c(C(=O)O)nc(-c3ccc(Cl)cc3)n2C1. The number of imidazole rings is 1. The highest BCUT2D eigenvalue weighted by Crippen LogP contribution is 2.28. The molecule has 1 atom stereocenters. The van der Waals surface area contributed by atoms with Crippen LogP contribution in [0.1, 0.15) is 22.6 Å². The molecule has 0 saturated carbocycles. The second-order valence-electron chi connectivity index (χ2n) is 4.95. The van der Waals surface area contributed by atoms with E-state index in [1.165, 1.54) is 0 Å². The van der Waals surface area contributed by atoms with Crippen molar-refractivity contribution in [2.75, 3.05) is 0 Å². The summed E-state index contributed by atoms with van der Waals surface area (Å²) in [5.41, 5.74) is 7.71. The van der Waals surface area contributed by atoms with E-state index in [0.717, 1.165) is 17.7 Å². The van der Waals surface area contributed by atoms with Crippen molar-refractivity contribution in [3.8, 4) is 11.4 Å². The number of rotatable bonds is 2. The molecular weight excluding hydrogens is 278 g/mol. The lowest BCUT2D eigenvalue weighted by molar-refractivity contribution is 0.0689. The molecule has 0 saturated heterocycles. The van der Waals surface area contributed by atoms with Gasteiger partial charge < -0.3 is 15.4 Å². The maximum Gasteiger partial charge on any atom is 0.356 e. The Morgan fingerprint density at radius 2 is 2.10 bits per heavy atom. The van der Waals surface area contributed by atoms with Crippen LogP contribution < -0.4 is 5.73 Å². The summed E-state index contributed by atoms with van der Waals surface area (Å²) in [4.78, 5) is 15.6. The molecule has 6 heteroatoms. The summed E-state index contributed by atoms with van der Waals surface area (Å²) in [5.74, 6) is -0.353. The molecular formula is C14H14ClN3O2. The number of carboxylic acids is 1. The summed E-state index contributed by atoms with van der Waals surface area (Å²) in [6, 6.07) is 7.24. The average Bonchev–Trinajstić information content (AvgIpc) is 2.78. The molecule has 3 N–H and O–H groups in total. The lowest BCUT2D eigenvalue weighted by atomic mass is 10.0. The van der Waals surface area contributed by atoms with Crippen LogP contribution in [0, 0.1) is 0 Å². The van der Waals surface area contributed by atoms with Crippen molar-refractivity contribution in [1.29, 1.82) is 0 Å². The van der Waals surface area contributed by atoms with Gasteiger partial charge in [-0.15, -0.1) is 0 Å². The van der Waals surface area contributed by atoms with Gasteiger partial charge in [0.25, 0.3) is 0 Å². The number of carboxylic acid groups (broad SMARTS) is 1. The first kappa shape index (κ1) is 13.1. The molecule has 20 heavy (non-hydrogen) atoms. The molecule has 0 amide bonds. The molecule has 3 rings (SSSR count). The van der Waals surface area contributed by atoms with Crippen LogP contribution in [0.4, 0.5) is 0 Å². The van der Waals surface area contributed by atoms with Crippen molar-refractivity contribution in [3.05, 3.63) is 40.7 Å². The van der Waals surface area contributed by atoms with Gasteiger partial charge in [-0.3, -0.25) is 0 Å². The lowest BCUT2D eigenvalue weighted by Crippen LogP contribution is -2.32. The number of carbonyl (C=O) groups is 1. The Bertz CT molecular complexity index is 664. The third-order valence-corrected chi connectivity index (χ3v) is 3.80. The van der Waals surface area contributed by atoms with Crippen LogP contribution in [-0.2, 0) is 13.0 Å². The number of benzene rings is 1. The number of aromatic carboxylic acids is 1. The number of aromatic nitrogens is 2. The van der Waals surface area contributed by atoms with Crippen LogP contribution in [0.25, 0.3) is 11.4 Å². The van der Waals surface area contributed by atoms with Crippen molar-refractivity contribution in [2.24, 2.45) is 5.73 Å². The molecule has 0 bridgehead atoms. The van der Waals surface area contributed by atoms with E-state index in [1.807, 2.05) is 16.7 Å². The van der Waals surface area contributed by atoms with Crippen LogP contribution >= 0.6 is 11.6 Å². The standard InChI is InChI=1S/C14H14ClN3O2/c15-9-3-1-8(2-4-9)13-17-12(14(19)20)11-6-5-10(16)7-18(11)13/h1-4,10H,5-7,16H2,(H,19,20). The topological polar surface area (TPSA) is 81.1 Å². The largest absolute Gasteiger partial charge is 0.476 e. The highest BCUT2D eigenvalue weighted by Gasteiger charge is 2.27. The van der Waals surface area contributed by atoms with E-state index in [2.05, 4.69) is 4.98 Å². The third-order valence-electron chi connectivity index (χ3n) is 3.55. The number of hydrogen-bond donors (Lipinski definition) is 2. The summed E-state index contributed by atoms with van der Waals surface area (Å²) in [5, 5.41) is 9.92. The maximum absolute atomic E-state index is 11.3. The number of hydrogen-bond acceptors (Lipinski definition) is 3. The predicted molar refractivity (Wildman–Crippen MR) is 75.9 cm³/mol. The molecule has 1 unspecified atom stereocenters. The molecule has 1 aromatic carbocycles. The van der Waals surface area contributed by atoms with E-state index in [4.69, 9.17) is 17.3 Å². The highest BCUT2D eigenvalue weighted by atomic mass is 35.5. The maximum atomic E-state index is 11.3. The van der Waals surface area contributed by atoms with Crippen LogP contribution in [0.15, 0.2) is 24.3 Å². The summed E-state index contributed by atoms with van der Waals surface area (Å²) in [7, 11) is 0. The van der Waals surface area contributed by atoms with E-state index in [-0.39, 0.29) is 11.7 Å². The molecule has 104 valence electrons. The summed E-state index contributed by atoms with van der Waals surface area (Å²) >= 11 is 5.88. The molecule has 5 nitrogen and oxygen atoms in total. The minimum absolute atomic E-state index is 0.0318. The second kappa shape index (κ2) is 4.92. The van der Waals surface area contributed by atoms with Crippen molar-refractivity contribution in [1.82, 2.24) is 9.55 Å². The van der Waals surface area contributed by atoms with E-state index < -0.39 is 5.97 Å². The molecule has 0 spiro atoms. The quantitative estimate of drug-likeness (QED) is 0.888. The normalized spacial score (nSPS) is 17.8. The Kier molecular flexibility index (Phi) is 3.23. The van der Waals surface area contributed by atoms with Crippen LogP contribution in [0.5, 0.6) is 0 Å². The Hall–Kier alpha value is -1.85. The van der Waals surface area contributed by atoms with Gasteiger partial charge in [-0.2, -0.15) is 0 Å². The van der Waals surface area contributed by atoms with Crippen LogP contribution in [0.2, 0.25) is 5.02 Å². The van der Waals surface area contributed by atoms with Crippen molar-refractivity contribution < 1.29 is 9.90 Å². The average molecular weight is 292 g/mol. The van der Waals surface area contributed by atoms with Gasteiger partial charge in [0.05, 0.1) is 5.69 Å². The minimum Gasteiger partial charge on any atom is -0.476 e. The molecule has 1 aromatic heterocycles. The van der Waals surface area contributed by atoms with E-state index in [0.29, 0.717) is 23.8 Å². The predicted octanol–water partition coefficient (Wildman–Crippen LogP) is 2.18. The van der Waals surface area contributed by atoms with Gasteiger partial charge in [-0.1, -0.05) is 11.6 Å². The Morgan fingerprint density at radius 3 is 2.75 bits per heavy atom. The van der Waals surface area contributed by atoms with Gasteiger partial charge in [0, 0.05) is 23.2 Å². The molecule has 0 radical (unpaired) electrons. The fourth-order valence-electron chi connectivity index (χ4n) is 2.57. The zero-order valence-corrected chi connectivity index (χ0v) is 11.5. The second-order valence-corrected chi connectivity index (χ2v) is 5.39. The minimum atomic E-state index is -0.996. The van der Waals surface area contributed by atoms with Crippen molar-refractivity contribution in [3.63, 3.8) is 0 Å². The Morgan fingerprint density at radius 1 is 1.40 bits per heavy atom. The lowest BCUT2D eigenvalue weighted by Gasteiger charge is -2.22. The van der Waals surface area contributed by atoms with Gasteiger partial charge in [0.2, 0.25) is 0 Å². The van der Waals surface area contributed by atoms with Gasteiger partial charge >= 0.3 is 5.97 Å².